The number of hydrogen-bond donors (Lipinski definition) is 1. The molecule has 0 fully saturated rings. The monoisotopic (exact) mass is 488 g/mol. The van der Waals surface area contributed by atoms with Crippen LogP contribution >= 0.6 is 34.0 Å². The zero-order valence-electron chi connectivity index (χ0n) is 19.7. The van der Waals surface area contributed by atoms with Crippen LogP contribution < -0.4 is 5.32 Å². The van der Waals surface area contributed by atoms with E-state index in [4.69, 9.17) is 4.99 Å². The molecule has 0 bridgehead atoms. The first-order valence-corrected chi connectivity index (χ1v) is 14.1. The SMILES string of the molecule is CC(C)Cc1cc2cc3sc4c(c3cc2s1)NCN=C4c1cc(C(C)(C)C)c2sccc2c1. The van der Waals surface area contributed by atoms with Gasteiger partial charge in [-0.05, 0) is 75.9 Å². The number of thiophene rings is 3. The van der Waals surface area contributed by atoms with E-state index < -0.39 is 0 Å². The first-order chi connectivity index (χ1) is 15.8. The summed E-state index contributed by atoms with van der Waals surface area (Å²) in [7, 11) is 0. The standard InChI is InChI=1S/C28H28N2S3/c1-15(2)8-19-10-17-12-23-20(13-22(17)32-19)25-27(33-23)24(29-14-30-25)18-9-16-6-7-31-26(16)21(11-18)28(3,4)5/h6-7,9-13,15,30H,8,14H2,1-5H3. The summed E-state index contributed by atoms with van der Waals surface area (Å²) >= 11 is 5.67. The molecule has 0 atom stereocenters. The summed E-state index contributed by atoms with van der Waals surface area (Å²) in [5.74, 6) is 0.686. The number of fused-ring (bicyclic) bond motifs is 5. The van der Waals surface area contributed by atoms with Gasteiger partial charge in [-0.15, -0.1) is 34.0 Å². The third-order valence-corrected chi connectivity index (χ3v) is 9.57. The summed E-state index contributed by atoms with van der Waals surface area (Å²) in [6, 6.07) is 14.1. The minimum Gasteiger partial charge on any atom is -0.365 e. The minimum atomic E-state index is 0.0909. The highest BCUT2D eigenvalue weighted by molar-refractivity contribution is 7.22. The second-order valence-electron chi connectivity index (χ2n) is 10.5. The molecule has 168 valence electrons. The number of anilines is 1. The largest absolute Gasteiger partial charge is 0.365 e. The van der Waals surface area contributed by atoms with Crippen molar-refractivity contribution in [3.8, 4) is 0 Å². The van der Waals surface area contributed by atoms with Crippen LogP contribution in [0.1, 0.15) is 55.5 Å². The van der Waals surface area contributed by atoms with E-state index >= 15 is 0 Å². The molecule has 0 amide bonds. The molecular weight excluding hydrogens is 461 g/mol. The Morgan fingerprint density at radius 3 is 2.64 bits per heavy atom. The summed E-state index contributed by atoms with van der Waals surface area (Å²) in [4.78, 5) is 7.73. The molecule has 1 aliphatic heterocycles. The number of hydrogen-bond acceptors (Lipinski definition) is 5. The summed E-state index contributed by atoms with van der Waals surface area (Å²) in [5.41, 5.74) is 5.12. The van der Waals surface area contributed by atoms with Crippen LogP contribution in [0.3, 0.4) is 0 Å². The van der Waals surface area contributed by atoms with Crippen LogP contribution in [0.15, 0.2) is 46.8 Å². The molecule has 5 aromatic rings. The van der Waals surface area contributed by atoms with E-state index in [1.165, 1.54) is 56.8 Å². The van der Waals surface area contributed by atoms with Gasteiger partial charge in [0.1, 0.15) is 6.67 Å². The second kappa shape index (κ2) is 7.66. The molecule has 0 unspecified atom stereocenters. The van der Waals surface area contributed by atoms with Crippen molar-refractivity contribution in [3.05, 3.63) is 62.7 Å². The molecule has 1 aliphatic rings. The summed E-state index contributed by atoms with van der Waals surface area (Å²) < 4.78 is 4.13. The van der Waals surface area contributed by atoms with Crippen molar-refractivity contribution in [3.63, 3.8) is 0 Å². The maximum atomic E-state index is 4.98. The Hall–Kier alpha value is -2.21. The fourth-order valence-corrected chi connectivity index (χ4v) is 8.44. The smallest absolute Gasteiger partial charge is 0.108 e. The van der Waals surface area contributed by atoms with Gasteiger partial charge in [0.15, 0.2) is 0 Å². The van der Waals surface area contributed by atoms with Gasteiger partial charge in [0.05, 0.1) is 16.3 Å². The third kappa shape index (κ3) is 3.61. The van der Waals surface area contributed by atoms with E-state index in [2.05, 4.69) is 81.7 Å². The lowest BCUT2D eigenvalue weighted by molar-refractivity contribution is 0.596. The van der Waals surface area contributed by atoms with Crippen LogP contribution in [0, 0.1) is 5.92 Å². The zero-order valence-corrected chi connectivity index (χ0v) is 22.2. The normalized spacial score (nSPS) is 14.3. The van der Waals surface area contributed by atoms with Crippen molar-refractivity contribution >= 4 is 75.7 Å². The third-order valence-electron chi connectivity index (χ3n) is 6.33. The maximum absolute atomic E-state index is 4.98. The Kier molecular flexibility index (Phi) is 4.95. The van der Waals surface area contributed by atoms with E-state index in [1.54, 1.807) is 0 Å². The van der Waals surface area contributed by atoms with Crippen LogP contribution in [0.2, 0.25) is 0 Å². The van der Waals surface area contributed by atoms with Gasteiger partial charge in [0.2, 0.25) is 0 Å². The fourth-order valence-electron chi connectivity index (χ4n) is 4.80. The van der Waals surface area contributed by atoms with Gasteiger partial charge in [-0.25, -0.2) is 0 Å². The Balaban J connectivity index is 1.50. The summed E-state index contributed by atoms with van der Waals surface area (Å²) in [6.45, 7) is 12.1. The number of rotatable bonds is 3. The van der Waals surface area contributed by atoms with E-state index in [9.17, 15) is 0 Å². The van der Waals surface area contributed by atoms with E-state index in [-0.39, 0.29) is 5.41 Å². The van der Waals surface area contributed by atoms with Crippen molar-refractivity contribution < 1.29 is 0 Å². The highest BCUT2D eigenvalue weighted by Gasteiger charge is 2.25. The second-order valence-corrected chi connectivity index (χ2v) is 13.6. The number of nitrogens with zero attached hydrogens (tertiary/aromatic N) is 1. The maximum Gasteiger partial charge on any atom is 0.108 e. The van der Waals surface area contributed by atoms with E-state index in [0.717, 1.165) is 12.1 Å². The Labute approximate surface area is 207 Å². The highest BCUT2D eigenvalue weighted by Crippen LogP contribution is 2.43. The van der Waals surface area contributed by atoms with Gasteiger partial charge in [0, 0.05) is 29.9 Å². The molecule has 0 aliphatic carbocycles. The zero-order chi connectivity index (χ0) is 22.9. The Morgan fingerprint density at radius 1 is 1.00 bits per heavy atom. The molecule has 5 heteroatoms. The molecule has 4 heterocycles. The average Bonchev–Trinajstić information content (AvgIpc) is 3.45. The molecule has 0 saturated carbocycles. The molecular formula is C28H28N2S3. The van der Waals surface area contributed by atoms with Crippen LogP contribution in [-0.4, -0.2) is 12.4 Å². The topological polar surface area (TPSA) is 24.4 Å². The predicted octanol–water partition coefficient (Wildman–Crippen LogP) is 9.05. The van der Waals surface area contributed by atoms with Crippen molar-refractivity contribution in [2.24, 2.45) is 10.9 Å². The van der Waals surface area contributed by atoms with Gasteiger partial charge >= 0.3 is 0 Å². The molecule has 0 saturated heterocycles. The van der Waals surface area contributed by atoms with Crippen molar-refractivity contribution in [2.45, 2.75) is 46.5 Å². The minimum absolute atomic E-state index is 0.0909. The fraction of sp³-hybridized carbons (Fsp3) is 0.321. The summed E-state index contributed by atoms with van der Waals surface area (Å²) in [6.07, 6.45) is 1.15. The van der Waals surface area contributed by atoms with Crippen molar-refractivity contribution in [1.29, 1.82) is 0 Å². The number of aliphatic imine (C=N–C) groups is 1. The Morgan fingerprint density at radius 2 is 1.85 bits per heavy atom. The van der Waals surface area contributed by atoms with E-state index in [1.807, 2.05) is 34.0 Å². The van der Waals surface area contributed by atoms with Gasteiger partial charge in [-0.2, -0.15) is 0 Å². The lowest BCUT2D eigenvalue weighted by atomic mass is 9.84. The molecule has 1 N–H and O–H groups in total. The van der Waals surface area contributed by atoms with Crippen LogP contribution in [-0.2, 0) is 11.8 Å². The van der Waals surface area contributed by atoms with Crippen molar-refractivity contribution in [2.75, 3.05) is 12.0 Å². The van der Waals surface area contributed by atoms with E-state index in [0.29, 0.717) is 12.6 Å². The molecule has 2 nitrogen and oxygen atoms in total. The quantitative estimate of drug-likeness (QED) is 0.269. The first-order valence-electron chi connectivity index (χ1n) is 11.6. The molecule has 33 heavy (non-hydrogen) atoms. The molecule has 0 spiro atoms. The lowest BCUT2D eigenvalue weighted by Crippen LogP contribution is -2.16. The van der Waals surface area contributed by atoms with Gasteiger partial charge < -0.3 is 5.32 Å². The number of nitrogens with one attached hydrogen (secondary N) is 1. The van der Waals surface area contributed by atoms with Gasteiger partial charge in [-0.3, -0.25) is 4.99 Å². The molecule has 2 aromatic carbocycles. The molecule has 3 aromatic heterocycles. The van der Waals surface area contributed by atoms with Crippen LogP contribution in [0.5, 0.6) is 0 Å². The number of benzene rings is 2. The summed E-state index contributed by atoms with van der Waals surface area (Å²) in [5, 5.41) is 9.83. The predicted molar refractivity (Wildman–Crippen MR) is 150 cm³/mol. The van der Waals surface area contributed by atoms with Gasteiger partial charge in [0.25, 0.3) is 0 Å². The first kappa shape index (κ1) is 21.3. The highest BCUT2D eigenvalue weighted by atomic mass is 32.1. The lowest BCUT2D eigenvalue weighted by Gasteiger charge is -2.22. The van der Waals surface area contributed by atoms with Crippen LogP contribution in [0.4, 0.5) is 5.69 Å². The van der Waals surface area contributed by atoms with Crippen molar-refractivity contribution in [1.82, 2.24) is 0 Å². The average molecular weight is 489 g/mol. The van der Waals surface area contributed by atoms with Gasteiger partial charge in [-0.1, -0.05) is 34.6 Å². The molecule has 6 rings (SSSR count). The molecule has 0 radical (unpaired) electrons. The van der Waals surface area contributed by atoms with Crippen LogP contribution in [0.25, 0.3) is 30.3 Å². The Bertz CT molecular complexity index is 1550.